The summed E-state index contributed by atoms with van der Waals surface area (Å²) in [5, 5.41) is 11.5. The van der Waals surface area contributed by atoms with E-state index in [1.807, 2.05) is 0 Å². The van der Waals surface area contributed by atoms with Crippen LogP contribution in [0.1, 0.15) is 15.9 Å². The normalized spacial score (nSPS) is 10.5. The lowest BCUT2D eigenvalue weighted by Gasteiger charge is -2.14. The van der Waals surface area contributed by atoms with Gasteiger partial charge in [0.2, 0.25) is 0 Å². The third-order valence-corrected chi connectivity index (χ3v) is 3.81. The number of carboxylic acids is 1. The Morgan fingerprint density at radius 1 is 1.17 bits per heavy atom. The lowest BCUT2D eigenvalue weighted by molar-refractivity contribution is 0.0691. The van der Waals surface area contributed by atoms with Gasteiger partial charge in [-0.3, -0.25) is 0 Å². The second kappa shape index (κ2) is 6.91. The molecule has 0 radical (unpaired) electrons. The summed E-state index contributed by atoms with van der Waals surface area (Å²) in [6.45, 7) is 0.0126. The Hall–Kier alpha value is -2.22. The van der Waals surface area contributed by atoms with Gasteiger partial charge in [-0.05, 0) is 33.6 Å². The molecular weight excluding hydrogens is 379 g/mol. The molecule has 2 rings (SSSR count). The van der Waals surface area contributed by atoms with Crippen molar-refractivity contribution in [3.05, 3.63) is 57.3 Å². The molecule has 0 saturated heterocycles. The van der Waals surface area contributed by atoms with Crippen LogP contribution in [0.4, 0.5) is 18.9 Å². The third kappa shape index (κ3) is 3.42. The number of nitrogens with one attached hydrogen (secondary N) is 1. The fraction of sp³-hybridized carbons (Fsp3) is 0.133. The molecule has 122 valence electrons. The van der Waals surface area contributed by atoms with Gasteiger partial charge in [-0.15, -0.1) is 0 Å². The number of aromatic carboxylic acids is 1. The molecule has 0 heterocycles. The van der Waals surface area contributed by atoms with E-state index in [2.05, 4.69) is 21.2 Å². The van der Waals surface area contributed by atoms with Crippen LogP contribution in [-0.4, -0.2) is 18.2 Å². The van der Waals surface area contributed by atoms with Crippen molar-refractivity contribution in [1.29, 1.82) is 0 Å². The Labute approximate surface area is 138 Å². The first-order valence-electron chi connectivity index (χ1n) is 6.32. The molecule has 2 aromatic carbocycles. The maximum Gasteiger partial charge on any atom is 0.341 e. The molecule has 0 atom stereocenters. The molecule has 0 aromatic heterocycles. The van der Waals surface area contributed by atoms with Crippen LogP contribution in [-0.2, 0) is 6.54 Å². The average molecular weight is 390 g/mol. The highest BCUT2D eigenvalue weighted by Crippen LogP contribution is 2.33. The van der Waals surface area contributed by atoms with Crippen LogP contribution < -0.4 is 10.1 Å². The fourth-order valence-corrected chi connectivity index (χ4v) is 2.30. The van der Waals surface area contributed by atoms with E-state index >= 15 is 0 Å². The van der Waals surface area contributed by atoms with Gasteiger partial charge in [-0.25, -0.2) is 18.0 Å². The average Bonchev–Trinajstić information content (AvgIpc) is 2.55. The zero-order chi connectivity index (χ0) is 17.1. The summed E-state index contributed by atoms with van der Waals surface area (Å²) < 4.78 is 45.6. The molecule has 8 heteroatoms. The number of anilines is 1. The number of carboxylic acid groups (broad SMARTS) is 1. The number of ether oxygens (including phenoxy) is 1. The summed E-state index contributed by atoms with van der Waals surface area (Å²) in [6.07, 6.45) is 0. The van der Waals surface area contributed by atoms with E-state index in [1.54, 1.807) is 24.3 Å². The minimum atomic E-state index is -1.77. The van der Waals surface area contributed by atoms with Crippen molar-refractivity contribution in [1.82, 2.24) is 0 Å². The third-order valence-electron chi connectivity index (χ3n) is 3.11. The van der Waals surface area contributed by atoms with E-state index in [0.29, 0.717) is 11.3 Å². The molecule has 4 nitrogen and oxygen atoms in total. The highest BCUT2D eigenvalue weighted by Gasteiger charge is 2.27. The van der Waals surface area contributed by atoms with Gasteiger partial charge in [0, 0.05) is 6.54 Å². The fourth-order valence-electron chi connectivity index (χ4n) is 1.93. The van der Waals surface area contributed by atoms with Crippen LogP contribution in [0.5, 0.6) is 5.75 Å². The lowest BCUT2D eigenvalue weighted by Crippen LogP contribution is -2.13. The maximum absolute atomic E-state index is 14.1. The largest absolute Gasteiger partial charge is 0.497 e. The maximum atomic E-state index is 14.1. The Balaban J connectivity index is 2.36. The van der Waals surface area contributed by atoms with Crippen molar-refractivity contribution < 1.29 is 27.8 Å². The number of hydrogen-bond donors (Lipinski definition) is 2. The van der Waals surface area contributed by atoms with Crippen LogP contribution >= 0.6 is 15.9 Å². The Bertz CT molecular complexity index is 751. The van der Waals surface area contributed by atoms with Gasteiger partial charge in [0.15, 0.2) is 17.5 Å². The van der Waals surface area contributed by atoms with Crippen molar-refractivity contribution in [3.63, 3.8) is 0 Å². The first-order chi connectivity index (χ1) is 10.9. The molecule has 2 aromatic rings. The molecule has 0 saturated carbocycles. The van der Waals surface area contributed by atoms with E-state index in [9.17, 15) is 18.0 Å². The molecule has 2 N–H and O–H groups in total. The molecule has 0 aliphatic carbocycles. The van der Waals surface area contributed by atoms with Crippen molar-refractivity contribution in [2.45, 2.75) is 6.54 Å². The molecule has 0 fully saturated rings. The van der Waals surface area contributed by atoms with Gasteiger partial charge >= 0.3 is 5.97 Å². The summed E-state index contributed by atoms with van der Waals surface area (Å²) in [5.74, 6) is -5.60. The predicted molar refractivity (Wildman–Crippen MR) is 81.3 cm³/mol. The van der Waals surface area contributed by atoms with Crippen LogP contribution in [0.25, 0.3) is 0 Å². The summed E-state index contributed by atoms with van der Waals surface area (Å²) in [5.41, 5.74) is -1.04. The van der Waals surface area contributed by atoms with Crippen LogP contribution in [0.2, 0.25) is 0 Å². The highest BCUT2D eigenvalue weighted by atomic mass is 79.9. The summed E-state index contributed by atoms with van der Waals surface area (Å²) in [7, 11) is 1.50. The zero-order valence-electron chi connectivity index (χ0n) is 11.8. The van der Waals surface area contributed by atoms with Gasteiger partial charge in [0.1, 0.15) is 11.3 Å². The Kier molecular flexibility index (Phi) is 5.15. The number of rotatable bonds is 5. The van der Waals surface area contributed by atoms with Crippen molar-refractivity contribution in [2.75, 3.05) is 12.4 Å². The van der Waals surface area contributed by atoms with Crippen LogP contribution in [0.15, 0.2) is 28.7 Å². The molecule has 0 amide bonds. The number of carbonyl (C=O) groups is 1. The minimum Gasteiger partial charge on any atom is -0.497 e. The van der Waals surface area contributed by atoms with E-state index in [4.69, 9.17) is 9.84 Å². The van der Waals surface area contributed by atoms with Gasteiger partial charge in [0.05, 0.1) is 17.3 Å². The van der Waals surface area contributed by atoms with E-state index < -0.39 is 39.1 Å². The van der Waals surface area contributed by atoms with Crippen LogP contribution in [0.3, 0.4) is 0 Å². The molecule has 23 heavy (non-hydrogen) atoms. The molecule has 0 spiro atoms. The van der Waals surface area contributed by atoms with Crippen molar-refractivity contribution in [3.8, 4) is 5.75 Å². The monoisotopic (exact) mass is 389 g/mol. The van der Waals surface area contributed by atoms with Crippen molar-refractivity contribution in [2.24, 2.45) is 0 Å². The number of benzene rings is 2. The Morgan fingerprint density at radius 3 is 2.30 bits per heavy atom. The SMILES string of the molecule is COc1ccc(CNc2c(F)c(Br)c(F)c(F)c2C(=O)O)cc1. The highest BCUT2D eigenvalue weighted by molar-refractivity contribution is 9.10. The van der Waals surface area contributed by atoms with Gasteiger partial charge < -0.3 is 15.2 Å². The zero-order valence-corrected chi connectivity index (χ0v) is 13.4. The van der Waals surface area contributed by atoms with E-state index in [-0.39, 0.29) is 6.54 Å². The van der Waals surface area contributed by atoms with Crippen LogP contribution in [0, 0.1) is 17.5 Å². The van der Waals surface area contributed by atoms with Gasteiger partial charge in [-0.1, -0.05) is 12.1 Å². The smallest absolute Gasteiger partial charge is 0.341 e. The lowest BCUT2D eigenvalue weighted by atomic mass is 10.1. The molecule has 0 aliphatic heterocycles. The summed E-state index contributed by atoms with van der Waals surface area (Å²) in [4.78, 5) is 11.1. The Morgan fingerprint density at radius 2 is 1.78 bits per heavy atom. The van der Waals surface area contributed by atoms with Gasteiger partial charge in [0.25, 0.3) is 0 Å². The predicted octanol–water partition coefficient (Wildman–Crippen LogP) is 4.19. The molecule has 0 aliphatic rings. The number of halogens is 4. The first-order valence-corrected chi connectivity index (χ1v) is 7.12. The quantitative estimate of drug-likeness (QED) is 0.594. The molecule has 0 unspecified atom stereocenters. The minimum absolute atomic E-state index is 0.0126. The number of methoxy groups -OCH3 is 1. The first kappa shape index (κ1) is 17.1. The number of hydrogen-bond acceptors (Lipinski definition) is 3. The standard InChI is InChI=1S/C15H11BrF3NO3/c1-23-8-4-2-7(3-5-8)6-20-14-9(15(21)22)11(17)12(18)10(16)13(14)19/h2-5,20H,6H2,1H3,(H,21,22). The van der Waals surface area contributed by atoms with E-state index in [1.165, 1.54) is 7.11 Å². The van der Waals surface area contributed by atoms with Gasteiger partial charge in [-0.2, -0.15) is 0 Å². The molecule has 0 bridgehead atoms. The summed E-state index contributed by atoms with van der Waals surface area (Å²) in [6, 6.07) is 6.65. The summed E-state index contributed by atoms with van der Waals surface area (Å²) >= 11 is 2.57. The topological polar surface area (TPSA) is 58.6 Å². The van der Waals surface area contributed by atoms with Crippen molar-refractivity contribution >= 4 is 27.6 Å². The second-order valence-corrected chi connectivity index (χ2v) is 5.31. The second-order valence-electron chi connectivity index (χ2n) is 4.51. The van der Waals surface area contributed by atoms with E-state index in [0.717, 1.165) is 0 Å². The molecular formula is C15H11BrF3NO3.